The van der Waals surface area contributed by atoms with Gasteiger partial charge in [0.1, 0.15) is 5.56 Å². The van der Waals surface area contributed by atoms with E-state index in [4.69, 9.17) is 4.74 Å². The molecule has 0 aliphatic rings. The SMILES string of the molecule is Cc1cc(F)c([N+](=O)[O-])cc1Nc1ncc(C(=O)OC(C)C)c(-c2c[nH]c3ccccc23)n1. The maximum Gasteiger partial charge on any atom is 0.342 e. The highest BCUT2D eigenvalue weighted by Gasteiger charge is 2.22. The molecule has 9 nitrogen and oxygen atoms in total. The van der Waals surface area contributed by atoms with E-state index in [0.717, 1.165) is 23.0 Å². The zero-order valence-corrected chi connectivity index (χ0v) is 18.0. The molecule has 2 aromatic heterocycles. The number of nitrogens with zero attached hydrogens (tertiary/aromatic N) is 3. The van der Waals surface area contributed by atoms with Crippen LogP contribution in [0.3, 0.4) is 0 Å². The topological polar surface area (TPSA) is 123 Å². The molecule has 2 heterocycles. The van der Waals surface area contributed by atoms with Gasteiger partial charge in [-0.3, -0.25) is 10.1 Å². The van der Waals surface area contributed by atoms with Gasteiger partial charge >= 0.3 is 11.7 Å². The molecule has 4 aromatic rings. The first-order valence-electron chi connectivity index (χ1n) is 10.1. The van der Waals surface area contributed by atoms with Crippen molar-refractivity contribution in [3.8, 4) is 11.3 Å². The lowest BCUT2D eigenvalue weighted by Gasteiger charge is -2.13. The van der Waals surface area contributed by atoms with E-state index < -0.39 is 22.4 Å². The van der Waals surface area contributed by atoms with Gasteiger partial charge in [-0.1, -0.05) is 18.2 Å². The zero-order valence-electron chi connectivity index (χ0n) is 18.0. The minimum atomic E-state index is -0.935. The number of fused-ring (bicyclic) bond motifs is 1. The number of nitrogens with one attached hydrogen (secondary N) is 2. The number of anilines is 2. The van der Waals surface area contributed by atoms with Crippen LogP contribution in [0.4, 0.5) is 21.7 Å². The number of aryl methyl sites for hydroxylation is 1. The summed E-state index contributed by atoms with van der Waals surface area (Å²) in [6.07, 6.45) is 2.73. The normalized spacial score (nSPS) is 11.1. The number of carbonyl (C=O) groups excluding carboxylic acids is 1. The molecule has 168 valence electrons. The van der Waals surface area contributed by atoms with Crippen molar-refractivity contribution in [1.82, 2.24) is 15.0 Å². The van der Waals surface area contributed by atoms with Crippen molar-refractivity contribution in [3.63, 3.8) is 0 Å². The Hall–Kier alpha value is -4.34. The molecule has 0 radical (unpaired) electrons. The smallest absolute Gasteiger partial charge is 0.342 e. The lowest BCUT2D eigenvalue weighted by molar-refractivity contribution is -0.387. The van der Waals surface area contributed by atoms with Gasteiger partial charge in [-0.15, -0.1) is 0 Å². The van der Waals surface area contributed by atoms with E-state index in [1.807, 2.05) is 24.3 Å². The van der Waals surface area contributed by atoms with Crippen molar-refractivity contribution in [1.29, 1.82) is 0 Å². The van der Waals surface area contributed by atoms with Crippen molar-refractivity contribution < 1.29 is 18.8 Å². The third-order valence-corrected chi connectivity index (χ3v) is 4.93. The first-order chi connectivity index (χ1) is 15.7. The predicted octanol–water partition coefficient (Wildman–Crippen LogP) is 5.29. The van der Waals surface area contributed by atoms with Crippen molar-refractivity contribution in [2.24, 2.45) is 0 Å². The fraction of sp³-hybridized carbons (Fsp3) is 0.174. The summed E-state index contributed by atoms with van der Waals surface area (Å²) < 4.78 is 19.3. The first-order valence-corrected chi connectivity index (χ1v) is 10.1. The van der Waals surface area contributed by atoms with Crippen LogP contribution in [-0.2, 0) is 4.74 Å². The fourth-order valence-electron chi connectivity index (χ4n) is 3.40. The predicted molar refractivity (Wildman–Crippen MR) is 121 cm³/mol. The summed E-state index contributed by atoms with van der Waals surface area (Å²) in [4.78, 5) is 34.9. The van der Waals surface area contributed by atoms with E-state index in [1.165, 1.54) is 6.20 Å². The Morgan fingerprint density at radius 2 is 2.03 bits per heavy atom. The second kappa shape index (κ2) is 8.65. The van der Waals surface area contributed by atoms with Crippen LogP contribution in [-0.4, -0.2) is 31.9 Å². The number of aromatic amines is 1. The number of carbonyl (C=O) groups is 1. The van der Waals surface area contributed by atoms with Crippen LogP contribution < -0.4 is 5.32 Å². The molecular formula is C23H20FN5O4. The molecule has 0 bridgehead atoms. The Labute approximate surface area is 187 Å². The van der Waals surface area contributed by atoms with Gasteiger partial charge in [-0.25, -0.2) is 14.8 Å². The van der Waals surface area contributed by atoms with E-state index in [-0.39, 0.29) is 23.3 Å². The standard InChI is InChI=1S/C23H20FN5O4/c1-12(2)33-22(30)16-11-26-23(27-19-9-20(29(31)32)17(24)8-13(19)3)28-21(16)15-10-25-18-7-5-4-6-14(15)18/h4-12,25H,1-3H3,(H,26,27,28). The highest BCUT2D eigenvalue weighted by molar-refractivity contribution is 6.02. The molecule has 0 saturated heterocycles. The molecule has 0 atom stereocenters. The summed E-state index contributed by atoms with van der Waals surface area (Å²) in [6, 6.07) is 9.68. The van der Waals surface area contributed by atoms with Crippen LogP contribution in [0.2, 0.25) is 0 Å². The summed E-state index contributed by atoms with van der Waals surface area (Å²) in [5.41, 5.74) is 2.04. The summed E-state index contributed by atoms with van der Waals surface area (Å²) in [6.45, 7) is 5.08. The van der Waals surface area contributed by atoms with Crippen LogP contribution in [0.5, 0.6) is 0 Å². The maximum atomic E-state index is 13.9. The molecule has 2 aromatic carbocycles. The van der Waals surface area contributed by atoms with E-state index in [2.05, 4.69) is 20.3 Å². The van der Waals surface area contributed by atoms with Gasteiger partial charge in [0.05, 0.1) is 22.4 Å². The third kappa shape index (κ3) is 4.36. The molecule has 0 amide bonds. The maximum absolute atomic E-state index is 13.9. The average Bonchev–Trinajstić information content (AvgIpc) is 3.19. The van der Waals surface area contributed by atoms with Crippen LogP contribution in [0, 0.1) is 22.9 Å². The third-order valence-electron chi connectivity index (χ3n) is 4.93. The minimum Gasteiger partial charge on any atom is -0.459 e. The van der Waals surface area contributed by atoms with Crippen molar-refractivity contribution in [2.75, 3.05) is 5.32 Å². The monoisotopic (exact) mass is 449 g/mol. The molecular weight excluding hydrogens is 429 g/mol. The Bertz CT molecular complexity index is 1380. The second-order valence-corrected chi connectivity index (χ2v) is 7.66. The summed E-state index contributed by atoms with van der Waals surface area (Å²) in [5, 5.41) is 14.9. The zero-order chi connectivity index (χ0) is 23.7. The molecule has 0 fully saturated rings. The lowest BCUT2D eigenvalue weighted by Crippen LogP contribution is -2.14. The van der Waals surface area contributed by atoms with Gasteiger partial charge in [-0.05, 0) is 38.5 Å². The number of esters is 1. The number of hydrogen-bond donors (Lipinski definition) is 2. The molecule has 0 aliphatic carbocycles. The largest absolute Gasteiger partial charge is 0.459 e. The van der Waals surface area contributed by atoms with Crippen molar-refractivity contribution in [2.45, 2.75) is 26.9 Å². The van der Waals surface area contributed by atoms with Crippen LogP contribution in [0.15, 0.2) is 48.8 Å². The number of H-pyrrole nitrogens is 1. The number of para-hydroxylation sites is 1. The van der Waals surface area contributed by atoms with Crippen LogP contribution in [0.1, 0.15) is 29.8 Å². The number of halogens is 1. The number of aromatic nitrogens is 3. The average molecular weight is 449 g/mol. The van der Waals surface area contributed by atoms with E-state index in [9.17, 15) is 19.3 Å². The summed E-state index contributed by atoms with van der Waals surface area (Å²) in [5.74, 6) is -1.43. The molecule has 0 spiro atoms. The molecule has 4 rings (SSSR count). The Kier molecular flexibility index (Phi) is 5.74. The van der Waals surface area contributed by atoms with Gasteiger partial charge < -0.3 is 15.0 Å². The highest BCUT2D eigenvalue weighted by atomic mass is 19.1. The number of nitro groups is 1. The Balaban J connectivity index is 1.82. The molecule has 10 heteroatoms. The number of hydrogen-bond acceptors (Lipinski definition) is 7. The van der Waals surface area contributed by atoms with Gasteiger partial charge in [0.15, 0.2) is 0 Å². The molecule has 2 N–H and O–H groups in total. The van der Waals surface area contributed by atoms with Crippen molar-refractivity contribution in [3.05, 3.63) is 75.9 Å². The van der Waals surface area contributed by atoms with Gasteiger partial charge in [0.25, 0.3) is 0 Å². The Morgan fingerprint density at radius 1 is 1.27 bits per heavy atom. The Morgan fingerprint density at radius 3 is 2.76 bits per heavy atom. The second-order valence-electron chi connectivity index (χ2n) is 7.66. The van der Waals surface area contributed by atoms with Crippen LogP contribution in [0.25, 0.3) is 22.2 Å². The minimum absolute atomic E-state index is 0.0837. The van der Waals surface area contributed by atoms with Gasteiger partial charge in [0, 0.05) is 34.9 Å². The highest BCUT2D eigenvalue weighted by Crippen LogP contribution is 2.32. The number of nitro benzene ring substituents is 1. The first kappa shape index (κ1) is 21.9. The molecule has 33 heavy (non-hydrogen) atoms. The van der Waals surface area contributed by atoms with Gasteiger partial charge in [-0.2, -0.15) is 4.39 Å². The summed E-state index contributed by atoms with van der Waals surface area (Å²) >= 11 is 0. The van der Waals surface area contributed by atoms with E-state index >= 15 is 0 Å². The lowest BCUT2D eigenvalue weighted by atomic mass is 10.1. The molecule has 0 unspecified atom stereocenters. The number of rotatable bonds is 6. The van der Waals surface area contributed by atoms with Crippen molar-refractivity contribution >= 4 is 34.2 Å². The van der Waals surface area contributed by atoms with Crippen LogP contribution >= 0.6 is 0 Å². The number of ether oxygens (including phenoxy) is 1. The molecule has 0 saturated carbocycles. The quantitative estimate of drug-likeness (QED) is 0.233. The van der Waals surface area contributed by atoms with E-state index in [0.29, 0.717) is 16.8 Å². The fourth-order valence-corrected chi connectivity index (χ4v) is 3.40. The molecule has 0 aliphatic heterocycles. The van der Waals surface area contributed by atoms with E-state index in [1.54, 1.807) is 27.0 Å². The summed E-state index contributed by atoms with van der Waals surface area (Å²) in [7, 11) is 0. The number of benzene rings is 2. The van der Waals surface area contributed by atoms with Gasteiger partial charge in [0.2, 0.25) is 11.8 Å².